The van der Waals surface area contributed by atoms with Crippen molar-refractivity contribution in [2.45, 2.75) is 88.4 Å². The molecule has 0 radical (unpaired) electrons. The van der Waals surface area contributed by atoms with Crippen molar-refractivity contribution in [3.05, 3.63) is 0 Å². The molecular weight excluding hydrogens is 569 g/mol. The number of rotatable bonds is 2. The molecule has 0 aromatic carbocycles. The lowest BCUT2D eigenvalue weighted by Gasteiger charge is -2.34. The number of carbonyl (C=O) groups is 2. The third-order valence-electron chi connectivity index (χ3n) is 4.82. The normalized spacial score (nSPS) is 25.9. The van der Waals surface area contributed by atoms with Gasteiger partial charge in [0, 0.05) is 34.5 Å². The van der Waals surface area contributed by atoms with Crippen LogP contribution in [0.4, 0.5) is 18.4 Å². The fourth-order valence-corrected chi connectivity index (χ4v) is 5.71. The second kappa shape index (κ2) is 12.2. The summed E-state index contributed by atoms with van der Waals surface area (Å²) in [6.45, 7) is 9.46. The molecule has 2 saturated heterocycles. The predicted octanol–water partition coefficient (Wildman–Crippen LogP) is 3.81. The largest absolute Gasteiger partial charge is 0.444 e. The minimum Gasteiger partial charge on any atom is -0.444 e. The molecular formula is C20H34Cl2F2N2O8S2. The van der Waals surface area contributed by atoms with Gasteiger partial charge < -0.3 is 19.3 Å². The Hall–Kier alpha value is -1.12. The van der Waals surface area contributed by atoms with E-state index in [9.17, 15) is 35.2 Å². The van der Waals surface area contributed by atoms with Gasteiger partial charge in [-0.25, -0.2) is 35.2 Å². The number of alkyl halides is 2. The first-order chi connectivity index (χ1) is 16.0. The zero-order valence-electron chi connectivity index (χ0n) is 21.0. The fourth-order valence-electron chi connectivity index (χ4n) is 3.35. The third kappa shape index (κ3) is 12.0. The van der Waals surface area contributed by atoms with Crippen LogP contribution in [0.1, 0.15) is 54.4 Å². The maximum absolute atomic E-state index is 13.4. The number of piperidine rings is 2. The Morgan fingerprint density at radius 1 is 0.694 bits per heavy atom. The highest BCUT2D eigenvalue weighted by Crippen LogP contribution is 2.25. The summed E-state index contributed by atoms with van der Waals surface area (Å²) >= 11 is 0. The van der Waals surface area contributed by atoms with Crippen molar-refractivity contribution in [1.29, 1.82) is 0 Å². The zero-order chi connectivity index (χ0) is 28.3. The highest BCUT2D eigenvalue weighted by atomic mass is 35.7. The van der Waals surface area contributed by atoms with Crippen LogP contribution in [0.15, 0.2) is 0 Å². The van der Waals surface area contributed by atoms with E-state index in [2.05, 4.69) is 0 Å². The molecule has 212 valence electrons. The zero-order valence-corrected chi connectivity index (χ0v) is 24.2. The number of nitrogens with zero attached hydrogens (tertiary/aromatic N) is 2. The molecule has 4 atom stereocenters. The molecule has 10 nitrogen and oxygen atoms in total. The van der Waals surface area contributed by atoms with E-state index in [1.54, 1.807) is 41.5 Å². The summed E-state index contributed by atoms with van der Waals surface area (Å²) in [5.41, 5.74) is -1.43. The quantitative estimate of drug-likeness (QED) is 0.436. The van der Waals surface area contributed by atoms with Crippen LogP contribution >= 0.6 is 21.4 Å². The van der Waals surface area contributed by atoms with Crippen molar-refractivity contribution < 1.29 is 44.7 Å². The van der Waals surface area contributed by atoms with Crippen LogP contribution in [0.5, 0.6) is 0 Å². The number of hydrogen-bond donors (Lipinski definition) is 0. The minimum absolute atomic E-state index is 0.138. The van der Waals surface area contributed by atoms with E-state index < -0.39 is 64.3 Å². The Bertz CT molecular complexity index is 920. The molecule has 2 heterocycles. The summed E-state index contributed by atoms with van der Waals surface area (Å²) in [5.74, 6) is 0. The van der Waals surface area contributed by atoms with Crippen molar-refractivity contribution in [3.63, 3.8) is 0 Å². The lowest BCUT2D eigenvalue weighted by Crippen LogP contribution is -2.50. The fraction of sp³-hybridized carbons (Fsp3) is 0.900. The summed E-state index contributed by atoms with van der Waals surface area (Å²) in [6.07, 6.45) is -4.66. The van der Waals surface area contributed by atoms with Crippen LogP contribution in [0, 0.1) is 0 Å². The highest BCUT2D eigenvalue weighted by Gasteiger charge is 2.39. The molecule has 2 rings (SSSR count). The van der Waals surface area contributed by atoms with Crippen LogP contribution in [-0.2, 0) is 27.6 Å². The van der Waals surface area contributed by atoms with Gasteiger partial charge in [0.25, 0.3) is 0 Å². The van der Waals surface area contributed by atoms with E-state index in [1.165, 1.54) is 0 Å². The first-order valence-electron chi connectivity index (χ1n) is 11.1. The van der Waals surface area contributed by atoms with E-state index in [4.69, 9.17) is 30.8 Å². The van der Waals surface area contributed by atoms with Crippen molar-refractivity contribution in [2.75, 3.05) is 26.2 Å². The molecule has 0 aromatic heterocycles. The Morgan fingerprint density at radius 2 is 0.972 bits per heavy atom. The summed E-state index contributed by atoms with van der Waals surface area (Å²) in [5, 5.41) is -2.18. The van der Waals surface area contributed by atoms with Gasteiger partial charge in [0.15, 0.2) is 0 Å². The summed E-state index contributed by atoms with van der Waals surface area (Å²) in [6, 6.07) is 0. The lowest BCUT2D eigenvalue weighted by atomic mass is 10.1. The van der Waals surface area contributed by atoms with Gasteiger partial charge >= 0.3 is 12.2 Å². The molecule has 2 aliphatic heterocycles. The molecule has 0 aromatic rings. The molecule has 0 unspecified atom stereocenters. The van der Waals surface area contributed by atoms with Gasteiger partial charge in [-0.2, -0.15) is 0 Å². The molecule has 36 heavy (non-hydrogen) atoms. The first-order valence-corrected chi connectivity index (χ1v) is 15.8. The van der Waals surface area contributed by atoms with Gasteiger partial charge in [-0.3, -0.25) is 0 Å². The number of carbonyl (C=O) groups excluding carboxylic acids is 2. The molecule has 0 spiro atoms. The molecule has 2 fully saturated rings. The monoisotopic (exact) mass is 602 g/mol. The van der Waals surface area contributed by atoms with Crippen molar-refractivity contribution >= 4 is 51.7 Å². The molecule has 0 N–H and O–H groups in total. The number of amides is 2. The van der Waals surface area contributed by atoms with Crippen LogP contribution in [0.3, 0.4) is 0 Å². The number of ether oxygens (including phenoxy) is 2. The standard InChI is InChI=1S/2C10H17ClFNO4S/c2*1-10(2,3)17-9(14)13-5-7(12)4-8(6-13)18(11,15)16/h2*7-8H,4-6H2,1-3H3/t2*7-,8+/m10/s1. The minimum atomic E-state index is -3.89. The topological polar surface area (TPSA) is 127 Å². The predicted molar refractivity (Wildman–Crippen MR) is 132 cm³/mol. The van der Waals surface area contributed by atoms with Gasteiger partial charge in [0.2, 0.25) is 18.1 Å². The van der Waals surface area contributed by atoms with Crippen molar-refractivity contribution in [3.8, 4) is 0 Å². The lowest BCUT2D eigenvalue weighted by molar-refractivity contribution is 0.0136. The van der Waals surface area contributed by atoms with Gasteiger partial charge in [0.1, 0.15) is 23.5 Å². The van der Waals surface area contributed by atoms with Crippen molar-refractivity contribution in [1.82, 2.24) is 9.80 Å². The summed E-state index contributed by atoms with van der Waals surface area (Å²) < 4.78 is 81.8. The molecule has 0 bridgehead atoms. The Kier molecular flexibility index (Phi) is 11.1. The second-order valence-electron chi connectivity index (χ2n) is 10.6. The molecule has 0 saturated carbocycles. The Labute approximate surface area is 220 Å². The smallest absolute Gasteiger partial charge is 0.410 e. The molecule has 16 heteroatoms. The molecule has 0 aliphatic carbocycles. The second-order valence-corrected chi connectivity index (χ2v) is 16.4. The van der Waals surface area contributed by atoms with E-state index in [1.807, 2.05) is 0 Å². The van der Waals surface area contributed by atoms with Gasteiger partial charge in [-0.05, 0) is 54.4 Å². The van der Waals surface area contributed by atoms with E-state index in [0.717, 1.165) is 9.80 Å². The Balaban J connectivity index is 0.000000360. The Morgan fingerprint density at radius 3 is 1.19 bits per heavy atom. The third-order valence-corrected chi connectivity index (χ3v) is 8.61. The number of hydrogen-bond acceptors (Lipinski definition) is 8. The maximum atomic E-state index is 13.4. The van der Waals surface area contributed by atoms with E-state index >= 15 is 0 Å². The summed E-state index contributed by atoms with van der Waals surface area (Å²) in [7, 11) is 2.64. The van der Waals surface area contributed by atoms with Gasteiger partial charge in [-0.15, -0.1) is 0 Å². The van der Waals surface area contributed by atoms with Crippen molar-refractivity contribution in [2.24, 2.45) is 0 Å². The average Bonchev–Trinajstić information content (AvgIpc) is 2.63. The number of halogens is 4. The first kappa shape index (κ1) is 32.9. The molecule has 2 amide bonds. The summed E-state index contributed by atoms with van der Waals surface area (Å²) in [4.78, 5) is 25.6. The van der Waals surface area contributed by atoms with Crippen LogP contribution in [0.25, 0.3) is 0 Å². The van der Waals surface area contributed by atoms with Gasteiger partial charge in [0.05, 0.1) is 23.6 Å². The van der Waals surface area contributed by atoms with Crippen LogP contribution in [-0.4, -0.2) is 99.0 Å². The highest BCUT2D eigenvalue weighted by molar-refractivity contribution is 8.14. The SMILES string of the molecule is CC(C)(C)OC(=O)N1C[C@@H](F)C[C@@H](S(=O)(=O)Cl)C1.CC(C)(C)OC(=O)N1C[C@H](F)C[C@H](S(=O)(=O)Cl)C1. The average molecular weight is 604 g/mol. The maximum Gasteiger partial charge on any atom is 0.410 e. The van der Waals surface area contributed by atoms with E-state index in [-0.39, 0.29) is 39.0 Å². The molecule has 2 aliphatic rings. The van der Waals surface area contributed by atoms with Crippen LogP contribution < -0.4 is 0 Å². The van der Waals surface area contributed by atoms with Crippen LogP contribution in [0.2, 0.25) is 0 Å². The van der Waals surface area contributed by atoms with Gasteiger partial charge in [-0.1, -0.05) is 0 Å². The number of likely N-dealkylation sites (tertiary alicyclic amines) is 2. The van der Waals surface area contributed by atoms with E-state index in [0.29, 0.717) is 0 Å².